The lowest BCUT2D eigenvalue weighted by molar-refractivity contribution is -0.412. The largest absolute Gasteiger partial charge is 0.460 e. The normalized spacial score (nSPS) is 15.8. The molecular weight excluding hydrogens is 325 g/mol. The molecule has 0 heterocycles. The van der Waals surface area contributed by atoms with Crippen molar-refractivity contribution >= 4 is 11.8 Å². The standard InChI is InChI=1S/C7H4F11S/c1-2-19-7(17,18)5(12,13)3(8,9)4(10,11)6(14,15)16/h1-2H2. The molecule has 0 aromatic carbocycles. The van der Waals surface area contributed by atoms with Gasteiger partial charge in [-0.05, 0) is 12.7 Å². The van der Waals surface area contributed by atoms with Crippen molar-refractivity contribution < 1.29 is 48.3 Å². The summed E-state index contributed by atoms with van der Waals surface area (Å²) < 4.78 is 135. The van der Waals surface area contributed by atoms with E-state index < -0.39 is 46.7 Å². The molecule has 0 fully saturated rings. The molecule has 0 atom stereocenters. The summed E-state index contributed by atoms with van der Waals surface area (Å²) >= 11 is -1.28. The average molecular weight is 329 g/mol. The lowest BCUT2D eigenvalue weighted by Crippen LogP contribution is -2.65. The zero-order chi connectivity index (χ0) is 15.9. The van der Waals surface area contributed by atoms with Crippen LogP contribution in [-0.4, -0.2) is 35.0 Å². The summed E-state index contributed by atoms with van der Waals surface area (Å²) in [6, 6.07) is 0. The highest BCUT2D eigenvalue weighted by molar-refractivity contribution is 8.00. The molecule has 19 heavy (non-hydrogen) atoms. The summed E-state index contributed by atoms with van der Waals surface area (Å²) in [5, 5.41) is -5.85. The van der Waals surface area contributed by atoms with E-state index in [-0.39, 0.29) is 0 Å². The van der Waals surface area contributed by atoms with E-state index in [0.29, 0.717) is 0 Å². The Hall–Kier alpha value is -0.420. The number of thioether (sulfide) groups is 1. The molecule has 0 saturated carbocycles. The Balaban J connectivity index is 5.77. The second-order valence-corrected chi connectivity index (χ2v) is 4.30. The number of halogens is 11. The van der Waals surface area contributed by atoms with Gasteiger partial charge in [0.05, 0.1) is 0 Å². The van der Waals surface area contributed by atoms with Gasteiger partial charge in [-0.25, -0.2) is 0 Å². The Labute approximate surface area is 103 Å². The third-order valence-corrected chi connectivity index (χ3v) is 2.62. The van der Waals surface area contributed by atoms with Crippen LogP contribution in [0.1, 0.15) is 0 Å². The molecule has 0 unspecified atom stereocenters. The van der Waals surface area contributed by atoms with Crippen LogP contribution in [0.3, 0.4) is 0 Å². The summed E-state index contributed by atoms with van der Waals surface area (Å²) in [5.41, 5.74) is 0. The summed E-state index contributed by atoms with van der Waals surface area (Å²) in [6.45, 7) is 2.57. The van der Waals surface area contributed by atoms with Crippen LogP contribution < -0.4 is 0 Å². The minimum absolute atomic E-state index is 1.16. The van der Waals surface area contributed by atoms with E-state index in [4.69, 9.17) is 0 Å². The first-order chi connectivity index (χ1) is 8.06. The van der Waals surface area contributed by atoms with Crippen molar-refractivity contribution in [2.24, 2.45) is 0 Å². The quantitative estimate of drug-likeness (QED) is 0.664. The van der Waals surface area contributed by atoms with Gasteiger partial charge in [0.1, 0.15) is 0 Å². The fourth-order valence-corrected chi connectivity index (χ4v) is 1.34. The van der Waals surface area contributed by atoms with Crippen molar-refractivity contribution in [3.05, 3.63) is 6.92 Å². The minimum atomic E-state index is -7.33. The molecule has 1 radical (unpaired) electrons. The zero-order valence-corrected chi connectivity index (χ0v) is 9.30. The predicted molar refractivity (Wildman–Crippen MR) is 43.7 cm³/mol. The molecule has 0 aliphatic rings. The third-order valence-electron chi connectivity index (χ3n) is 1.79. The van der Waals surface area contributed by atoms with E-state index in [0.717, 1.165) is 0 Å². The van der Waals surface area contributed by atoms with Crippen molar-refractivity contribution in [2.75, 3.05) is 5.75 Å². The van der Waals surface area contributed by atoms with Crippen molar-refractivity contribution in [1.29, 1.82) is 0 Å². The lowest BCUT2D eigenvalue weighted by atomic mass is 10.0. The second-order valence-electron chi connectivity index (χ2n) is 3.09. The van der Waals surface area contributed by atoms with Crippen LogP contribution >= 0.6 is 11.8 Å². The van der Waals surface area contributed by atoms with Gasteiger partial charge in [0.2, 0.25) is 0 Å². The van der Waals surface area contributed by atoms with E-state index in [1.54, 1.807) is 0 Å². The van der Waals surface area contributed by atoms with E-state index in [2.05, 4.69) is 6.92 Å². The number of alkyl halides is 11. The van der Waals surface area contributed by atoms with Gasteiger partial charge in [0, 0.05) is 0 Å². The van der Waals surface area contributed by atoms with Crippen LogP contribution in [0.25, 0.3) is 0 Å². The van der Waals surface area contributed by atoms with E-state index in [9.17, 15) is 48.3 Å². The number of rotatable bonds is 5. The minimum Gasteiger partial charge on any atom is -0.192 e. The second kappa shape index (κ2) is 4.85. The van der Waals surface area contributed by atoms with Crippen molar-refractivity contribution in [3.63, 3.8) is 0 Å². The highest BCUT2D eigenvalue weighted by Gasteiger charge is 2.87. The first-order valence-corrected chi connectivity index (χ1v) is 5.06. The molecule has 0 amide bonds. The van der Waals surface area contributed by atoms with E-state index in [1.165, 1.54) is 0 Å². The van der Waals surface area contributed by atoms with Crippen LogP contribution in [0, 0.1) is 6.92 Å². The van der Waals surface area contributed by atoms with Gasteiger partial charge in [0.25, 0.3) is 0 Å². The number of hydrogen-bond donors (Lipinski definition) is 0. The molecule has 0 aliphatic heterocycles. The molecular formula is C7H4F11S. The van der Waals surface area contributed by atoms with Gasteiger partial charge in [-0.15, -0.1) is 0 Å². The van der Waals surface area contributed by atoms with E-state index in [1.807, 2.05) is 0 Å². The Morgan fingerprint density at radius 3 is 1.26 bits per heavy atom. The number of hydrogen-bond acceptors (Lipinski definition) is 1. The monoisotopic (exact) mass is 329 g/mol. The van der Waals surface area contributed by atoms with Crippen LogP contribution in [0.15, 0.2) is 0 Å². The highest BCUT2D eigenvalue weighted by atomic mass is 32.2. The molecule has 0 bridgehead atoms. The lowest BCUT2D eigenvalue weighted by Gasteiger charge is -2.36. The van der Waals surface area contributed by atoms with Crippen molar-refractivity contribution in [2.45, 2.75) is 29.2 Å². The van der Waals surface area contributed by atoms with Gasteiger partial charge in [-0.3, -0.25) is 0 Å². The topological polar surface area (TPSA) is 0 Å². The predicted octanol–water partition coefficient (Wildman–Crippen LogP) is 4.61. The zero-order valence-electron chi connectivity index (χ0n) is 8.48. The van der Waals surface area contributed by atoms with Crippen molar-refractivity contribution in [3.8, 4) is 0 Å². The average Bonchev–Trinajstić information content (AvgIpc) is 2.14. The van der Waals surface area contributed by atoms with E-state index >= 15 is 0 Å². The molecule has 0 aromatic heterocycles. The third kappa shape index (κ3) is 2.72. The molecule has 0 rings (SSSR count). The van der Waals surface area contributed by atoms with Crippen LogP contribution in [0.2, 0.25) is 0 Å². The van der Waals surface area contributed by atoms with Gasteiger partial charge in [-0.1, -0.05) is 11.8 Å². The van der Waals surface area contributed by atoms with Gasteiger partial charge in [-0.2, -0.15) is 48.3 Å². The Kier molecular flexibility index (Phi) is 4.74. The smallest absolute Gasteiger partial charge is 0.192 e. The molecule has 0 N–H and O–H groups in total. The molecule has 115 valence electrons. The summed E-state index contributed by atoms with van der Waals surface area (Å²) in [6.07, 6.45) is -7.12. The summed E-state index contributed by atoms with van der Waals surface area (Å²) in [4.78, 5) is 0. The van der Waals surface area contributed by atoms with Gasteiger partial charge < -0.3 is 0 Å². The van der Waals surface area contributed by atoms with Gasteiger partial charge in [0.15, 0.2) is 0 Å². The van der Waals surface area contributed by atoms with Crippen LogP contribution in [0.4, 0.5) is 48.3 Å². The van der Waals surface area contributed by atoms with Crippen LogP contribution in [-0.2, 0) is 0 Å². The first kappa shape index (κ1) is 18.6. The fraction of sp³-hybridized carbons (Fsp3) is 0.857. The molecule has 0 spiro atoms. The summed E-state index contributed by atoms with van der Waals surface area (Å²) in [5.74, 6) is -22.7. The molecule has 12 heteroatoms. The molecule has 0 aromatic rings. The summed E-state index contributed by atoms with van der Waals surface area (Å²) in [7, 11) is 0. The fourth-order valence-electron chi connectivity index (χ4n) is 0.777. The SMILES string of the molecule is [CH2]CSC(F)(F)C(F)(F)C(F)(F)C(F)(F)C(F)(F)F. The Bertz CT molecular complexity index is 317. The molecule has 0 nitrogen and oxygen atoms in total. The maximum atomic E-state index is 12.7. The maximum Gasteiger partial charge on any atom is 0.460 e. The Morgan fingerprint density at radius 2 is 1.00 bits per heavy atom. The molecule has 0 saturated heterocycles. The highest BCUT2D eigenvalue weighted by Crippen LogP contribution is 2.59. The van der Waals surface area contributed by atoms with Crippen molar-refractivity contribution in [1.82, 2.24) is 0 Å². The first-order valence-electron chi connectivity index (χ1n) is 4.07. The Morgan fingerprint density at radius 1 is 0.632 bits per heavy atom. The molecule has 0 aliphatic carbocycles. The maximum absolute atomic E-state index is 12.7. The van der Waals surface area contributed by atoms with Gasteiger partial charge >= 0.3 is 29.2 Å². The van der Waals surface area contributed by atoms with Crippen LogP contribution in [0.5, 0.6) is 0 Å².